The fourth-order valence-electron chi connectivity index (χ4n) is 3.66. The Hall–Kier alpha value is -3.29. The molecule has 1 fully saturated rings. The number of carbonyl (C=O) groups is 3. The highest BCUT2D eigenvalue weighted by atomic mass is 16.5. The van der Waals surface area contributed by atoms with Gasteiger partial charge in [0, 0.05) is 6.54 Å². The molecule has 28 heavy (non-hydrogen) atoms. The number of amides is 2. The lowest BCUT2D eigenvalue weighted by molar-refractivity contribution is -0.125. The summed E-state index contributed by atoms with van der Waals surface area (Å²) in [6.45, 7) is 2.20. The van der Waals surface area contributed by atoms with Gasteiger partial charge in [-0.05, 0) is 50.1 Å². The number of fused-ring (bicyclic) bond motifs is 3. The van der Waals surface area contributed by atoms with Crippen molar-refractivity contribution in [2.24, 2.45) is 0 Å². The van der Waals surface area contributed by atoms with Crippen LogP contribution in [0.3, 0.4) is 0 Å². The molecule has 0 saturated carbocycles. The van der Waals surface area contributed by atoms with E-state index in [0.717, 1.165) is 25.1 Å². The van der Waals surface area contributed by atoms with E-state index in [4.69, 9.17) is 9.15 Å². The van der Waals surface area contributed by atoms with E-state index >= 15 is 0 Å². The van der Waals surface area contributed by atoms with Crippen LogP contribution in [0.1, 0.15) is 41.9 Å². The van der Waals surface area contributed by atoms with Gasteiger partial charge in [0.05, 0.1) is 29.2 Å². The fraction of sp³-hybridized carbons (Fsp3) is 0.350. The van der Waals surface area contributed by atoms with Gasteiger partial charge in [0.1, 0.15) is 11.8 Å². The number of rotatable bonds is 5. The third-order valence-electron chi connectivity index (χ3n) is 5.04. The van der Waals surface area contributed by atoms with Crippen molar-refractivity contribution in [3.63, 3.8) is 0 Å². The predicted octanol–water partition coefficient (Wildman–Crippen LogP) is 2.23. The minimum atomic E-state index is -0.624. The van der Waals surface area contributed by atoms with Crippen LogP contribution in [0.5, 0.6) is 0 Å². The summed E-state index contributed by atoms with van der Waals surface area (Å²) in [6.07, 6.45) is 3.32. The second-order valence-electron chi connectivity index (χ2n) is 6.95. The summed E-state index contributed by atoms with van der Waals surface area (Å²) in [5.74, 6) is -0.489. The van der Waals surface area contributed by atoms with Crippen molar-refractivity contribution in [1.29, 1.82) is 0 Å². The Labute approximate surface area is 161 Å². The molecule has 8 nitrogen and oxygen atoms in total. The maximum atomic E-state index is 12.3. The molecule has 3 heterocycles. The van der Waals surface area contributed by atoms with Crippen molar-refractivity contribution in [3.8, 4) is 0 Å². The number of furan rings is 1. The van der Waals surface area contributed by atoms with Gasteiger partial charge < -0.3 is 24.7 Å². The van der Waals surface area contributed by atoms with Crippen molar-refractivity contribution in [2.45, 2.75) is 31.8 Å². The van der Waals surface area contributed by atoms with Crippen LogP contribution in [0.4, 0.5) is 11.4 Å². The highest BCUT2D eigenvalue weighted by Crippen LogP contribution is 2.37. The monoisotopic (exact) mass is 383 g/mol. The number of benzene rings is 1. The molecule has 1 aromatic carbocycles. The molecule has 2 aliphatic heterocycles. The summed E-state index contributed by atoms with van der Waals surface area (Å²) in [7, 11) is 0. The van der Waals surface area contributed by atoms with Crippen LogP contribution in [0.2, 0.25) is 0 Å². The number of esters is 1. The largest absolute Gasteiger partial charge is 0.467 e. The third kappa shape index (κ3) is 3.45. The minimum absolute atomic E-state index is 0.0539. The highest BCUT2D eigenvalue weighted by molar-refractivity contribution is 6.05. The second kappa shape index (κ2) is 7.38. The highest BCUT2D eigenvalue weighted by Gasteiger charge is 2.36. The van der Waals surface area contributed by atoms with E-state index in [0.29, 0.717) is 11.4 Å². The maximum absolute atomic E-state index is 12.3. The summed E-state index contributed by atoms with van der Waals surface area (Å²) >= 11 is 0. The molecule has 1 aromatic heterocycles. The van der Waals surface area contributed by atoms with Gasteiger partial charge in [0.15, 0.2) is 6.61 Å². The van der Waals surface area contributed by atoms with Crippen LogP contribution >= 0.6 is 0 Å². The van der Waals surface area contributed by atoms with Crippen molar-refractivity contribution < 1.29 is 23.5 Å². The zero-order valence-electron chi connectivity index (χ0n) is 15.4. The van der Waals surface area contributed by atoms with Crippen LogP contribution in [-0.2, 0) is 14.3 Å². The van der Waals surface area contributed by atoms with Gasteiger partial charge in [0.2, 0.25) is 5.91 Å². The summed E-state index contributed by atoms with van der Waals surface area (Å²) < 4.78 is 10.3. The molecule has 2 amide bonds. The quantitative estimate of drug-likeness (QED) is 0.768. The van der Waals surface area contributed by atoms with E-state index < -0.39 is 18.5 Å². The molecule has 2 aromatic rings. The lowest BCUT2D eigenvalue weighted by Crippen LogP contribution is -2.43. The molecule has 0 spiro atoms. The number of hydrogen-bond donors (Lipinski definition) is 2. The number of ether oxygens (including phenoxy) is 1. The fourth-order valence-corrected chi connectivity index (χ4v) is 3.66. The molecule has 0 bridgehead atoms. The van der Waals surface area contributed by atoms with Crippen LogP contribution < -0.4 is 15.5 Å². The van der Waals surface area contributed by atoms with Gasteiger partial charge in [-0.3, -0.25) is 9.59 Å². The lowest BCUT2D eigenvalue weighted by atomic mass is 10.1. The van der Waals surface area contributed by atoms with E-state index in [1.165, 1.54) is 6.26 Å². The Kier molecular flexibility index (Phi) is 4.77. The van der Waals surface area contributed by atoms with Gasteiger partial charge in [0.25, 0.3) is 5.91 Å². The first-order chi connectivity index (χ1) is 13.5. The van der Waals surface area contributed by atoms with E-state index in [2.05, 4.69) is 15.5 Å². The van der Waals surface area contributed by atoms with Gasteiger partial charge in [-0.2, -0.15) is 0 Å². The number of hydrogen-bond acceptors (Lipinski definition) is 6. The Morgan fingerprint density at radius 1 is 1.39 bits per heavy atom. The summed E-state index contributed by atoms with van der Waals surface area (Å²) in [6, 6.07) is 8.08. The average molecular weight is 383 g/mol. The van der Waals surface area contributed by atoms with E-state index in [9.17, 15) is 14.4 Å². The molecule has 0 unspecified atom stereocenters. The SMILES string of the molecule is C[C@H](NC(=O)COC(=O)c1ccc2c(c1)NC(=O)[C@@H]1CCCN21)c1ccco1. The Morgan fingerprint density at radius 2 is 2.25 bits per heavy atom. The summed E-state index contributed by atoms with van der Waals surface area (Å²) in [5, 5.41) is 5.55. The first kappa shape index (κ1) is 18.1. The Morgan fingerprint density at radius 3 is 3.04 bits per heavy atom. The number of nitrogens with zero attached hydrogens (tertiary/aromatic N) is 1. The van der Waals surface area contributed by atoms with E-state index in [1.54, 1.807) is 31.2 Å². The molecule has 1 saturated heterocycles. The standard InChI is InChI=1S/C20H21N3O5/c1-12(17-5-3-9-27-17)21-18(24)11-28-20(26)13-6-7-15-14(10-13)22-19(25)16-4-2-8-23(15)16/h3,5-7,9-10,12,16H,2,4,8,11H2,1H3,(H,21,24)(H,22,25)/t12-,16-/m0/s1. The second-order valence-corrected chi connectivity index (χ2v) is 6.95. The molecule has 146 valence electrons. The van der Waals surface area contributed by atoms with Crippen molar-refractivity contribution >= 4 is 29.2 Å². The van der Waals surface area contributed by atoms with Crippen molar-refractivity contribution in [2.75, 3.05) is 23.4 Å². The van der Waals surface area contributed by atoms with Crippen LogP contribution in [0, 0.1) is 0 Å². The smallest absolute Gasteiger partial charge is 0.338 e. The number of carbonyl (C=O) groups excluding carboxylic acids is 3. The third-order valence-corrected chi connectivity index (χ3v) is 5.04. The number of nitrogens with one attached hydrogen (secondary N) is 2. The lowest BCUT2D eigenvalue weighted by Gasteiger charge is -2.33. The molecule has 4 rings (SSSR count). The predicted molar refractivity (Wildman–Crippen MR) is 101 cm³/mol. The molecule has 8 heteroatoms. The van der Waals surface area contributed by atoms with E-state index in [-0.39, 0.29) is 23.6 Å². The normalized spacial score (nSPS) is 18.7. The first-order valence-corrected chi connectivity index (χ1v) is 9.24. The van der Waals surface area contributed by atoms with Gasteiger partial charge in [-0.1, -0.05) is 0 Å². The topological polar surface area (TPSA) is 101 Å². The first-order valence-electron chi connectivity index (χ1n) is 9.24. The zero-order chi connectivity index (χ0) is 19.7. The van der Waals surface area contributed by atoms with Crippen LogP contribution in [0.15, 0.2) is 41.0 Å². The average Bonchev–Trinajstić information content (AvgIpc) is 3.37. The summed E-state index contributed by atoms with van der Waals surface area (Å²) in [5.41, 5.74) is 1.78. The molecule has 2 aliphatic rings. The van der Waals surface area contributed by atoms with Gasteiger partial charge in [-0.15, -0.1) is 0 Å². The zero-order valence-corrected chi connectivity index (χ0v) is 15.4. The maximum Gasteiger partial charge on any atom is 0.338 e. The summed E-state index contributed by atoms with van der Waals surface area (Å²) in [4.78, 5) is 38.6. The molecular formula is C20H21N3O5. The van der Waals surface area contributed by atoms with Crippen LogP contribution in [-0.4, -0.2) is 37.0 Å². The molecule has 0 aliphatic carbocycles. The molecule has 2 atom stereocenters. The Bertz CT molecular complexity index is 909. The molecule has 2 N–H and O–H groups in total. The minimum Gasteiger partial charge on any atom is -0.467 e. The van der Waals surface area contributed by atoms with Crippen LogP contribution in [0.25, 0.3) is 0 Å². The Balaban J connectivity index is 1.37. The van der Waals surface area contributed by atoms with Crippen molar-refractivity contribution in [1.82, 2.24) is 5.32 Å². The number of anilines is 2. The van der Waals surface area contributed by atoms with E-state index in [1.807, 2.05) is 6.07 Å². The van der Waals surface area contributed by atoms with Gasteiger partial charge in [-0.25, -0.2) is 4.79 Å². The molecular weight excluding hydrogens is 362 g/mol. The van der Waals surface area contributed by atoms with Gasteiger partial charge >= 0.3 is 5.97 Å². The van der Waals surface area contributed by atoms with Crippen molar-refractivity contribution in [3.05, 3.63) is 47.9 Å². The molecule has 0 radical (unpaired) electrons.